The summed E-state index contributed by atoms with van der Waals surface area (Å²) in [5.41, 5.74) is 5.34. The molecule has 2 aromatic rings. The van der Waals surface area contributed by atoms with Gasteiger partial charge in [0.2, 0.25) is 0 Å². The van der Waals surface area contributed by atoms with E-state index in [9.17, 15) is 0 Å². The SMILES string of the molecule is S=c1nc(C2CCc3ccccc32)[nH]c2c1CNCC2. The van der Waals surface area contributed by atoms with Crippen molar-refractivity contribution in [3.63, 3.8) is 0 Å². The van der Waals surface area contributed by atoms with Gasteiger partial charge in [0.05, 0.1) is 0 Å². The number of aromatic nitrogens is 2. The summed E-state index contributed by atoms with van der Waals surface area (Å²) in [7, 11) is 0. The number of aromatic amines is 1. The number of fused-ring (bicyclic) bond motifs is 2. The minimum absolute atomic E-state index is 0.382. The van der Waals surface area contributed by atoms with E-state index in [2.05, 4.69) is 39.6 Å². The average Bonchev–Trinajstić information content (AvgIpc) is 2.91. The molecule has 1 atom stereocenters. The topological polar surface area (TPSA) is 40.7 Å². The third kappa shape index (κ3) is 1.91. The number of aryl methyl sites for hydroxylation is 1. The Morgan fingerprint density at radius 1 is 1.20 bits per heavy atom. The van der Waals surface area contributed by atoms with E-state index in [4.69, 9.17) is 12.2 Å². The summed E-state index contributed by atoms with van der Waals surface area (Å²) < 4.78 is 0.769. The Bertz CT molecular complexity index is 720. The summed E-state index contributed by atoms with van der Waals surface area (Å²) >= 11 is 5.49. The molecule has 0 saturated heterocycles. The van der Waals surface area contributed by atoms with Gasteiger partial charge in [-0.1, -0.05) is 36.5 Å². The fraction of sp³-hybridized carbons (Fsp3) is 0.375. The molecule has 20 heavy (non-hydrogen) atoms. The zero-order chi connectivity index (χ0) is 13.5. The van der Waals surface area contributed by atoms with E-state index in [1.807, 2.05) is 0 Å². The molecule has 4 rings (SSSR count). The van der Waals surface area contributed by atoms with Crippen molar-refractivity contribution >= 4 is 12.2 Å². The minimum atomic E-state index is 0.382. The van der Waals surface area contributed by atoms with Gasteiger partial charge in [0, 0.05) is 36.7 Å². The molecular formula is C16H17N3S. The Morgan fingerprint density at radius 3 is 3.05 bits per heavy atom. The number of rotatable bonds is 1. The maximum absolute atomic E-state index is 5.49. The fourth-order valence-electron chi connectivity index (χ4n) is 3.39. The summed E-state index contributed by atoms with van der Waals surface area (Å²) in [4.78, 5) is 8.26. The van der Waals surface area contributed by atoms with Crippen LogP contribution in [-0.4, -0.2) is 16.5 Å². The number of nitrogens with zero attached hydrogens (tertiary/aromatic N) is 1. The predicted octanol–water partition coefficient (Wildman–Crippen LogP) is 2.86. The standard InChI is InChI=1S/C16H17N3S/c20-16-13-9-17-8-7-14(13)18-15(19-16)12-6-5-10-3-1-2-4-11(10)12/h1-4,12,17H,5-9H2,(H,18,19,20). The Labute approximate surface area is 123 Å². The lowest BCUT2D eigenvalue weighted by Gasteiger charge is -2.20. The molecule has 2 aliphatic rings. The van der Waals surface area contributed by atoms with Crippen LogP contribution in [0, 0.1) is 4.64 Å². The Hall–Kier alpha value is -1.52. The molecule has 1 unspecified atom stereocenters. The molecule has 0 amide bonds. The van der Waals surface area contributed by atoms with Crippen LogP contribution in [0.4, 0.5) is 0 Å². The van der Waals surface area contributed by atoms with Crippen molar-refractivity contribution in [2.24, 2.45) is 0 Å². The maximum Gasteiger partial charge on any atom is 0.134 e. The van der Waals surface area contributed by atoms with Crippen LogP contribution in [0.5, 0.6) is 0 Å². The Morgan fingerprint density at radius 2 is 2.10 bits per heavy atom. The van der Waals surface area contributed by atoms with Crippen molar-refractivity contribution in [3.8, 4) is 0 Å². The first kappa shape index (κ1) is 12.2. The summed E-state index contributed by atoms with van der Waals surface area (Å²) in [5, 5.41) is 3.36. The molecule has 1 aromatic carbocycles. The molecule has 4 heteroatoms. The molecule has 3 nitrogen and oxygen atoms in total. The van der Waals surface area contributed by atoms with E-state index in [-0.39, 0.29) is 0 Å². The van der Waals surface area contributed by atoms with Crippen molar-refractivity contribution < 1.29 is 0 Å². The third-order valence-electron chi connectivity index (χ3n) is 4.44. The van der Waals surface area contributed by atoms with Gasteiger partial charge in [-0.05, 0) is 24.0 Å². The number of H-pyrrole nitrogens is 1. The average molecular weight is 283 g/mol. The van der Waals surface area contributed by atoms with Crippen LogP contribution in [0.25, 0.3) is 0 Å². The number of benzene rings is 1. The first-order valence-electron chi connectivity index (χ1n) is 7.23. The lowest BCUT2D eigenvalue weighted by atomic mass is 10.00. The van der Waals surface area contributed by atoms with Crippen molar-refractivity contribution in [3.05, 3.63) is 57.1 Å². The summed E-state index contributed by atoms with van der Waals surface area (Å²) in [6.45, 7) is 1.86. The molecule has 0 bridgehead atoms. The van der Waals surface area contributed by atoms with Crippen LogP contribution in [0.3, 0.4) is 0 Å². The summed E-state index contributed by atoms with van der Waals surface area (Å²) in [6, 6.07) is 8.70. The molecular weight excluding hydrogens is 266 g/mol. The molecule has 1 aromatic heterocycles. The van der Waals surface area contributed by atoms with Gasteiger partial charge in [0.25, 0.3) is 0 Å². The van der Waals surface area contributed by atoms with Crippen molar-refractivity contribution in [2.75, 3.05) is 6.54 Å². The molecule has 2 N–H and O–H groups in total. The number of nitrogens with one attached hydrogen (secondary N) is 2. The largest absolute Gasteiger partial charge is 0.346 e. The van der Waals surface area contributed by atoms with Crippen molar-refractivity contribution in [1.82, 2.24) is 15.3 Å². The van der Waals surface area contributed by atoms with Crippen LogP contribution in [0.15, 0.2) is 24.3 Å². The van der Waals surface area contributed by atoms with Gasteiger partial charge >= 0.3 is 0 Å². The van der Waals surface area contributed by atoms with Crippen LogP contribution in [0.1, 0.15) is 40.5 Å². The highest BCUT2D eigenvalue weighted by Crippen LogP contribution is 2.36. The second kappa shape index (κ2) is 4.79. The molecule has 0 spiro atoms. The van der Waals surface area contributed by atoms with Crippen molar-refractivity contribution in [1.29, 1.82) is 0 Å². The lowest BCUT2D eigenvalue weighted by molar-refractivity contribution is 0.609. The zero-order valence-corrected chi connectivity index (χ0v) is 12.1. The third-order valence-corrected chi connectivity index (χ3v) is 4.78. The molecule has 102 valence electrons. The molecule has 1 aliphatic carbocycles. The van der Waals surface area contributed by atoms with Gasteiger partial charge in [-0.2, -0.15) is 0 Å². The van der Waals surface area contributed by atoms with E-state index in [1.165, 1.54) is 22.4 Å². The van der Waals surface area contributed by atoms with Gasteiger partial charge < -0.3 is 10.3 Å². The Balaban J connectivity index is 1.81. The smallest absolute Gasteiger partial charge is 0.134 e. The predicted molar refractivity (Wildman–Crippen MR) is 81.4 cm³/mol. The second-order valence-corrected chi connectivity index (χ2v) is 5.99. The van der Waals surface area contributed by atoms with E-state index < -0.39 is 0 Å². The van der Waals surface area contributed by atoms with Crippen LogP contribution < -0.4 is 5.32 Å². The van der Waals surface area contributed by atoms with Crippen LogP contribution >= 0.6 is 12.2 Å². The Kier molecular flexibility index (Phi) is 2.93. The number of hydrogen-bond donors (Lipinski definition) is 2. The minimum Gasteiger partial charge on any atom is -0.346 e. The zero-order valence-electron chi connectivity index (χ0n) is 11.3. The van der Waals surface area contributed by atoms with Gasteiger partial charge in [0.15, 0.2) is 0 Å². The molecule has 1 aliphatic heterocycles. The molecule has 2 heterocycles. The normalized spacial score (nSPS) is 20.5. The van der Waals surface area contributed by atoms with E-state index >= 15 is 0 Å². The number of hydrogen-bond acceptors (Lipinski definition) is 3. The van der Waals surface area contributed by atoms with Crippen LogP contribution in [-0.2, 0) is 19.4 Å². The molecule has 0 radical (unpaired) electrons. The fourth-order valence-corrected chi connectivity index (χ4v) is 3.69. The maximum atomic E-state index is 5.49. The second-order valence-electron chi connectivity index (χ2n) is 5.60. The first-order chi connectivity index (χ1) is 9.83. The monoisotopic (exact) mass is 283 g/mol. The highest BCUT2D eigenvalue weighted by molar-refractivity contribution is 7.71. The quantitative estimate of drug-likeness (QED) is 0.791. The van der Waals surface area contributed by atoms with E-state index in [0.29, 0.717) is 5.92 Å². The summed E-state index contributed by atoms with van der Waals surface area (Å²) in [6.07, 6.45) is 3.29. The molecule has 0 saturated carbocycles. The summed E-state index contributed by atoms with van der Waals surface area (Å²) in [5.74, 6) is 1.44. The van der Waals surface area contributed by atoms with Gasteiger partial charge in [-0.3, -0.25) is 0 Å². The highest BCUT2D eigenvalue weighted by atomic mass is 32.1. The van der Waals surface area contributed by atoms with Gasteiger partial charge in [0.1, 0.15) is 10.5 Å². The lowest BCUT2D eigenvalue weighted by Crippen LogP contribution is -2.26. The highest BCUT2D eigenvalue weighted by Gasteiger charge is 2.26. The first-order valence-corrected chi connectivity index (χ1v) is 7.64. The van der Waals surface area contributed by atoms with Crippen molar-refractivity contribution in [2.45, 2.75) is 31.7 Å². The van der Waals surface area contributed by atoms with Crippen LogP contribution in [0.2, 0.25) is 0 Å². The molecule has 0 fully saturated rings. The van der Waals surface area contributed by atoms with E-state index in [1.54, 1.807) is 0 Å². The van der Waals surface area contributed by atoms with Gasteiger partial charge in [-0.15, -0.1) is 0 Å². The van der Waals surface area contributed by atoms with E-state index in [0.717, 1.165) is 42.8 Å². The van der Waals surface area contributed by atoms with Gasteiger partial charge in [-0.25, -0.2) is 4.98 Å².